The quantitative estimate of drug-likeness (QED) is 0.645. The number of ether oxygens (including phenoxy) is 1. The zero-order valence-electron chi connectivity index (χ0n) is 9.09. The second kappa shape index (κ2) is 4.52. The van der Waals surface area contributed by atoms with Crippen LogP contribution in [0.15, 0.2) is 11.6 Å². The third-order valence-electron chi connectivity index (χ3n) is 2.21. The molecule has 1 aliphatic rings. The molecule has 2 unspecified atom stereocenters. The van der Waals surface area contributed by atoms with E-state index >= 15 is 0 Å². The molecule has 1 saturated heterocycles. The summed E-state index contributed by atoms with van der Waals surface area (Å²) >= 11 is 1.95. The van der Waals surface area contributed by atoms with Crippen LogP contribution in [0.1, 0.15) is 34.1 Å². The third kappa shape index (κ3) is 3.74. The Morgan fingerprint density at radius 1 is 1.62 bits per heavy atom. The predicted octanol–water partition coefficient (Wildman–Crippen LogP) is 3.46. The zero-order chi connectivity index (χ0) is 9.90. The second-order valence-corrected chi connectivity index (χ2v) is 5.82. The van der Waals surface area contributed by atoms with Crippen LogP contribution in [0.2, 0.25) is 0 Å². The van der Waals surface area contributed by atoms with Crippen LogP contribution in [-0.2, 0) is 4.74 Å². The number of allylic oxidation sites excluding steroid dienone is 2. The standard InChI is InChI=1S/C11H20OS/c1-9(2)7-10(3)8-11(4)12-5-6-13-11/h7,10H,5-6,8H2,1-4H3. The minimum atomic E-state index is 0.0748. The molecule has 0 saturated carbocycles. The monoisotopic (exact) mass is 200 g/mol. The first-order chi connectivity index (χ1) is 6.02. The van der Waals surface area contributed by atoms with Gasteiger partial charge in [0.2, 0.25) is 0 Å². The summed E-state index contributed by atoms with van der Waals surface area (Å²) in [7, 11) is 0. The van der Waals surface area contributed by atoms with Crippen LogP contribution in [0.5, 0.6) is 0 Å². The molecule has 0 N–H and O–H groups in total. The summed E-state index contributed by atoms with van der Waals surface area (Å²) in [6.45, 7) is 9.70. The van der Waals surface area contributed by atoms with E-state index in [9.17, 15) is 0 Å². The molecule has 13 heavy (non-hydrogen) atoms. The number of rotatable bonds is 3. The van der Waals surface area contributed by atoms with E-state index in [-0.39, 0.29) is 4.93 Å². The molecule has 0 radical (unpaired) electrons. The molecule has 0 bridgehead atoms. The lowest BCUT2D eigenvalue weighted by atomic mass is 10.0. The molecular weight excluding hydrogens is 180 g/mol. The van der Waals surface area contributed by atoms with Gasteiger partial charge < -0.3 is 4.74 Å². The topological polar surface area (TPSA) is 9.23 Å². The summed E-state index contributed by atoms with van der Waals surface area (Å²) in [4.78, 5) is 0.0748. The van der Waals surface area contributed by atoms with E-state index in [1.807, 2.05) is 11.8 Å². The number of hydrogen-bond donors (Lipinski definition) is 0. The molecule has 1 fully saturated rings. The molecule has 0 spiro atoms. The van der Waals surface area contributed by atoms with Gasteiger partial charge in [0, 0.05) is 5.75 Å². The molecule has 2 atom stereocenters. The van der Waals surface area contributed by atoms with Gasteiger partial charge in [-0.3, -0.25) is 0 Å². The van der Waals surface area contributed by atoms with Gasteiger partial charge in [-0.1, -0.05) is 18.6 Å². The van der Waals surface area contributed by atoms with Gasteiger partial charge >= 0.3 is 0 Å². The van der Waals surface area contributed by atoms with Crippen LogP contribution in [0, 0.1) is 5.92 Å². The van der Waals surface area contributed by atoms with Crippen LogP contribution in [-0.4, -0.2) is 17.3 Å². The maximum absolute atomic E-state index is 5.73. The van der Waals surface area contributed by atoms with E-state index in [0.29, 0.717) is 5.92 Å². The molecular formula is C11H20OS. The van der Waals surface area contributed by atoms with Crippen molar-refractivity contribution in [1.82, 2.24) is 0 Å². The average Bonchev–Trinajstić information content (AvgIpc) is 2.33. The molecule has 0 aromatic carbocycles. The van der Waals surface area contributed by atoms with Crippen molar-refractivity contribution in [3.63, 3.8) is 0 Å². The van der Waals surface area contributed by atoms with E-state index in [1.165, 1.54) is 5.57 Å². The Kier molecular flexibility index (Phi) is 3.87. The van der Waals surface area contributed by atoms with Crippen LogP contribution in [0.3, 0.4) is 0 Å². The number of hydrogen-bond acceptors (Lipinski definition) is 2. The van der Waals surface area contributed by atoms with Gasteiger partial charge in [-0.05, 0) is 33.1 Å². The molecule has 0 aliphatic carbocycles. The van der Waals surface area contributed by atoms with Crippen molar-refractivity contribution >= 4 is 11.8 Å². The predicted molar refractivity (Wildman–Crippen MR) is 60.0 cm³/mol. The highest BCUT2D eigenvalue weighted by molar-refractivity contribution is 8.00. The Bertz CT molecular complexity index is 188. The molecule has 1 heterocycles. The normalized spacial score (nSPS) is 30.2. The van der Waals surface area contributed by atoms with Crippen LogP contribution in [0.4, 0.5) is 0 Å². The Balaban J connectivity index is 2.43. The Labute approximate surface area is 85.9 Å². The lowest BCUT2D eigenvalue weighted by molar-refractivity contribution is 0.0526. The molecule has 0 amide bonds. The van der Waals surface area contributed by atoms with E-state index < -0.39 is 0 Å². The second-order valence-electron chi connectivity index (χ2n) is 4.26. The van der Waals surface area contributed by atoms with Crippen molar-refractivity contribution in [2.75, 3.05) is 12.4 Å². The van der Waals surface area contributed by atoms with E-state index in [2.05, 4.69) is 33.8 Å². The Hall–Kier alpha value is 0.0500. The van der Waals surface area contributed by atoms with Gasteiger partial charge in [-0.25, -0.2) is 0 Å². The first kappa shape index (κ1) is 11.1. The molecule has 1 nitrogen and oxygen atoms in total. The van der Waals surface area contributed by atoms with Crippen LogP contribution >= 0.6 is 11.8 Å². The zero-order valence-corrected chi connectivity index (χ0v) is 9.91. The Morgan fingerprint density at radius 2 is 2.31 bits per heavy atom. The fourth-order valence-corrected chi connectivity index (χ4v) is 3.03. The summed E-state index contributed by atoms with van der Waals surface area (Å²) in [6, 6.07) is 0. The maximum Gasteiger partial charge on any atom is 0.111 e. The SMILES string of the molecule is CC(C)=CC(C)CC1(C)OCCS1. The lowest BCUT2D eigenvalue weighted by Crippen LogP contribution is -2.21. The minimum Gasteiger partial charge on any atom is -0.364 e. The smallest absolute Gasteiger partial charge is 0.111 e. The van der Waals surface area contributed by atoms with Gasteiger partial charge in [-0.15, -0.1) is 11.8 Å². The van der Waals surface area contributed by atoms with E-state index in [4.69, 9.17) is 4.74 Å². The lowest BCUT2D eigenvalue weighted by Gasteiger charge is -2.24. The van der Waals surface area contributed by atoms with Crippen molar-refractivity contribution in [3.8, 4) is 0 Å². The minimum absolute atomic E-state index is 0.0748. The first-order valence-corrected chi connectivity index (χ1v) is 5.93. The van der Waals surface area contributed by atoms with Crippen LogP contribution < -0.4 is 0 Å². The molecule has 76 valence electrons. The van der Waals surface area contributed by atoms with E-state index in [0.717, 1.165) is 18.8 Å². The maximum atomic E-state index is 5.73. The molecule has 1 aliphatic heterocycles. The Morgan fingerprint density at radius 3 is 2.77 bits per heavy atom. The third-order valence-corrected chi connectivity index (χ3v) is 3.47. The highest BCUT2D eigenvalue weighted by atomic mass is 32.2. The molecule has 2 heteroatoms. The van der Waals surface area contributed by atoms with Gasteiger partial charge in [0.05, 0.1) is 6.61 Å². The number of thioether (sulfide) groups is 1. The van der Waals surface area contributed by atoms with Gasteiger partial charge in [0.15, 0.2) is 0 Å². The van der Waals surface area contributed by atoms with E-state index in [1.54, 1.807) is 0 Å². The van der Waals surface area contributed by atoms with Crippen LogP contribution in [0.25, 0.3) is 0 Å². The van der Waals surface area contributed by atoms with Crippen molar-refractivity contribution in [1.29, 1.82) is 0 Å². The summed E-state index contributed by atoms with van der Waals surface area (Å²) in [5, 5.41) is 0. The van der Waals surface area contributed by atoms with Gasteiger partial charge in [0.25, 0.3) is 0 Å². The highest BCUT2D eigenvalue weighted by Crippen LogP contribution is 2.38. The molecule has 0 aromatic rings. The first-order valence-electron chi connectivity index (χ1n) is 4.95. The fraction of sp³-hybridized carbons (Fsp3) is 0.818. The van der Waals surface area contributed by atoms with Gasteiger partial charge in [-0.2, -0.15) is 0 Å². The van der Waals surface area contributed by atoms with Crippen molar-refractivity contribution in [2.45, 2.75) is 39.0 Å². The summed E-state index contributed by atoms with van der Waals surface area (Å²) in [6.07, 6.45) is 3.45. The largest absolute Gasteiger partial charge is 0.364 e. The van der Waals surface area contributed by atoms with Gasteiger partial charge in [0.1, 0.15) is 4.93 Å². The molecule has 1 rings (SSSR count). The average molecular weight is 200 g/mol. The van der Waals surface area contributed by atoms with Crippen molar-refractivity contribution < 1.29 is 4.74 Å². The summed E-state index contributed by atoms with van der Waals surface area (Å²) in [5.41, 5.74) is 1.40. The fourth-order valence-electron chi connectivity index (χ4n) is 1.89. The molecule has 0 aromatic heterocycles. The van der Waals surface area contributed by atoms with Crippen molar-refractivity contribution in [3.05, 3.63) is 11.6 Å². The van der Waals surface area contributed by atoms with Crippen molar-refractivity contribution in [2.24, 2.45) is 5.92 Å². The summed E-state index contributed by atoms with van der Waals surface area (Å²) in [5.74, 6) is 1.78. The highest BCUT2D eigenvalue weighted by Gasteiger charge is 2.31. The summed E-state index contributed by atoms with van der Waals surface area (Å²) < 4.78 is 5.73.